The van der Waals surface area contributed by atoms with Crippen LogP contribution in [0, 0.1) is 0 Å². The molecule has 5 nitrogen and oxygen atoms in total. The van der Waals surface area contributed by atoms with Gasteiger partial charge in [-0.05, 0) is 26.0 Å². The average Bonchev–Trinajstić information content (AvgIpc) is 2.42. The number of piperazine rings is 1. The molecule has 1 fully saturated rings. The molecule has 1 aromatic carbocycles. The molecular formula is C13H19ClN2O3S. The van der Waals surface area contributed by atoms with Crippen LogP contribution in [0.1, 0.15) is 13.8 Å². The topological polar surface area (TPSA) is 58.6 Å². The average molecular weight is 319 g/mol. The van der Waals surface area contributed by atoms with Gasteiger partial charge in [-0.3, -0.25) is 0 Å². The summed E-state index contributed by atoms with van der Waals surface area (Å²) in [5.41, 5.74) is 0. The second kappa shape index (κ2) is 5.89. The monoisotopic (exact) mass is 318 g/mol. The number of benzene rings is 1. The van der Waals surface area contributed by atoms with Gasteiger partial charge in [-0.1, -0.05) is 11.6 Å². The fraction of sp³-hybridized carbons (Fsp3) is 0.538. The van der Waals surface area contributed by atoms with Crippen molar-refractivity contribution < 1.29 is 13.2 Å². The van der Waals surface area contributed by atoms with E-state index in [-0.39, 0.29) is 22.0 Å². The van der Waals surface area contributed by atoms with Crippen LogP contribution >= 0.6 is 11.6 Å². The van der Waals surface area contributed by atoms with Gasteiger partial charge in [-0.15, -0.1) is 0 Å². The van der Waals surface area contributed by atoms with Crippen molar-refractivity contribution in [3.63, 3.8) is 0 Å². The molecule has 1 aromatic rings. The first-order chi connectivity index (χ1) is 9.37. The quantitative estimate of drug-likeness (QED) is 0.922. The summed E-state index contributed by atoms with van der Waals surface area (Å²) in [7, 11) is -2.13. The molecule has 0 bridgehead atoms. The Labute approximate surface area is 124 Å². The van der Waals surface area contributed by atoms with E-state index in [0.717, 1.165) is 0 Å². The maximum absolute atomic E-state index is 12.8. The van der Waals surface area contributed by atoms with Gasteiger partial charge < -0.3 is 10.1 Å². The van der Waals surface area contributed by atoms with Crippen molar-refractivity contribution in [3.8, 4) is 5.75 Å². The first kappa shape index (κ1) is 15.6. The molecule has 1 heterocycles. The predicted molar refractivity (Wildman–Crippen MR) is 78.8 cm³/mol. The first-order valence-corrected chi connectivity index (χ1v) is 8.28. The molecule has 2 unspecified atom stereocenters. The molecule has 0 aliphatic carbocycles. The van der Waals surface area contributed by atoms with Crippen molar-refractivity contribution in [1.29, 1.82) is 0 Å². The van der Waals surface area contributed by atoms with Crippen LogP contribution in [-0.4, -0.2) is 45.0 Å². The molecule has 2 rings (SSSR count). The third-order valence-electron chi connectivity index (χ3n) is 3.70. The van der Waals surface area contributed by atoms with Gasteiger partial charge >= 0.3 is 0 Å². The molecule has 0 spiro atoms. The second-order valence-corrected chi connectivity index (χ2v) is 7.16. The SMILES string of the molecule is COc1ccc(Cl)c(S(=O)(=O)N2CCNC(C)C2C)c1. The van der Waals surface area contributed by atoms with E-state index in [4.69, 9.17) is 16.3 Å². The molecule has 2 atom stereocenters. The summed E-state index contributed by atoms with van der Waals surface area (Å²) in [6, 6.07) is 4.63. The van der Waals surface area contributed by atoms with E-state index in [2.05, 4.69) is 5.32 Å². The zero-order chi connectivity index (χ0) is 14.9. The number of methoxy groups -OCH3 is 1. The lowest BCUT2D eigenvalue weighted by Gasteiger charge is -2.37. The van der Waals surface area contributed by atoms with Crippen LogP contribution < -0.4 is 10.1 Å². The highest BCUT2D eigenvalue weighted by Gasteiger charge is 2.35. The number of ether oxygens (including phenoxy) is 1. The zero-order valence-electron chi connectivity index (χ0n) is 11.8. The Balaban J connectivity index is 2.44. The van der Waals surface area contributed by atoms with Gasteiger partial charge in [0.05, 0.1) is 12.1 Å². The van der Waals surface area contributed by atoms with Crippen LogP contribution in [0.25, 0.3) is 0 Å². The van der Waals surface area contributed by atoms with Gasteiger partial charge in [0, 0.05) is 31.2 Å². The minimum absolute atomic E-state index is 0.0967. The van der Waals surface area contributed by atoms with Crippen LogP contribution in [0.2, 0.25) is 5.02 Å². The Morgan fingerprint density at radius 2 is 2.10 bits per heavy atom. The first-order valence-electron chi connectivity index (χ1n) is 6.46. The van der Waals surface area contributed by atoms with Crippen LogP contribution in [0.15, 0.2) is 23.1 Å². The van der Waals surface area contributed by atoms with Crippen LogP contribution in [-0.2, 0) is 10.0 Å². The Bertz CT molecular complexity index is 591. The molecular weight excluding hydrogens is 300 g/mol. The standard InChI is InChI=1S/C13H19ClN2O3S/c1-9-10(2)16(7-6-15-9)20(17,18)13-8-11(19-3)4-5-12(13)14/h4-5,8-10,15H,6-7H2,1-3H3. The van der Waals surface area contributed by atoms with Crippen molar-refractivity contribution in [1.82, 2.24) is 9.62 Å². The Morgan fingerprint density at radius 3 is 2.75 bits per heavy atom. The number of nitrogens with zero attached hydrogens (tertiary/aromatic N) is 1. The van der Waals surface area contributed by atoms with Gasteiger partial charge in [0.15, 0.2) is 0 Å². The molecule has 1 saturated heterocycles. The van der Waals surface area contributed by atoms with E-state index in [0.29, 0.717) is 18.8 Å². The van der Waals surface area contributed by atoms with Crippen LogP contribution in [0.5, 0.6) is 5.75 Å². The van der Waals surface area contributed by atoms with Crippen molar-refractivity contribution in [2.24, 2.45) is 0 Å². The lowest BCUT2D eigenvalue weighted by Crippen LogP contribution is -2.57. The number of halogens is 1. The fourth-order valence-electron chi connectivity index (χ4n) is 2.30. The Morgan fingerprint density at radius 1 is 1.40 bits per heavy atom. The number of nitrogens with one attached hydrogen (secondary N) is 1. The largest absolute Gasteiger partial charge is 0.497 e. The summed E-state index contributed by atoms with van der Waals surface area (Å²) in [6.45, 7) is 4.93. The fourth-order valence-corrected chi connectivity index (χ4v) is 4.49. The highest BCUT2D eigenvalue weighted by Crippen LogP contribution is 2.30. The summed E-state index contributed by atoms with van der Waals surface area (Å²) >= 11 is 6.06. The van der Waals surface area contributed by atoms with Crippen LogP contribution in [0.4, 0.5) is 0 Å². The van der Waals surface area contributed by atoms with E-state index in [9.17, 15) is 8.42 Å². The molecule has 112 valence electrons. The van der Waals surface area contributed by atoms with Gasteiger partial charge in [-0.2, -0.15) is 4.31 Å². The van der Waals surface area contributed by atoms with Gasteiger partial charge in [0.25, 0.3) is 0 Å². The van der Waals surface area contributed by atoms with Crippen molar-refractivity contribution in [2.75, 3.05) is 20.2 Å². The predicted octanol–water partition coefficient (Wildman–Crippen LogP) is 1.72. The number of hydrogen-bond acceptors (Lipinski definition) is 4. The van der Waals surface area contributed by atoms with Gasteiger partial charge in [0.2, 0.25) is 10.0 Å². The molecule has 0 saturated carbocycles. The van der Waals surface area contributed by atoms with E-state index < -0.39 is 10.0 Å². The van der Waals surface area contributed by atoms with Crippen molar-refractivity contribution in [2.45, 2.75) is 30.8 Å². The highest BCUT2D eigenvalue weighted by atomic mass is 35.5. The lowest BCUT2D eigenvalue weighted by atomic mass is 10.1. The molecule has 7 heteroatoms. The zero-order valence-corrected chi connectivity index (χ0v) is 13.3. The lowest BCUT2D eigenvalue weighted by molar-refractivity contribution is 0.233. The summed E-state index contributed by atoms with van der Waals surface area (Å²) in [5.74, 6) is 0.476. The summed E-state index contributed by atoms with van der Waals surface area (Å²) in [6.07, 6.45) is 0. The van der Waals surface area contributed by atoms with Crippen molar-refractivity contribution in [3.05, 3.63) is 23.2 Å². The van der Waals surface area contributed by atoms with Crippen LogP contribution in [0.3, 0.4) is 0 Å². The van der Waals surface area contributed by atoms with E-state index in [1.807, 2.05) is 13.8 Å². The molecule has 0 amide bonds. The summed E-state index contributed by atoms with van der Waals surface area (Å²) in [4.78, 5) is 0.0967. The molecule has 1 aliphatic rings. The summed E-state index contributed by atoms with van der Waals surface area (Å²) in [5, 5.41) is 3.47. The minimum Gasteiger partial charge on any atom is -0.497 e. The summed E-state index contributed by atoms with van der Waals surface area (Å²) < 4.78 is 32.2. The van der Waals surface area contributed by atoms with E-state index in [1.165, 1.54) is 17.5 Å². The smallest absolute Gasteiger partial charge is 0.245 e. The Hall–Kier alpha value is -0.820. The number of sulfonamides is 1. The number of hydrogen-bond donors (Lipinski definition) is 1. The van der Waals surface area contributed by atoms with E-state index in [1.54, 1.807) is 12.1 Å². The molecule has 1 aliphatic heterocycles. The van der Waals surface area contributed by atoms with Gasteiger partial charge in [-0.25, -0.2) is 8.42 Å². The minimum atomic E-state index is -3.63. The third kappa shape index (κ3) is 2.79. The van der Waals surface area contributed by atoms with Gasteiger partial charge in [0.1, 0.15) is 10.6 Å². The number of rotatable bonds is 3. The maximum Gasteiger partial charge on any atom is 0.245 e. The Kier molecular flexibility index (Phi) is 4.59. The molecule has 1 N–H and O–H groups in total. The molecule has 0 radical (unpaired) electrons. The normalized spacial score (nSPS) is 24.6. The van der Waals surface area contributed by atoms with E-state index >= 15 is 0 Å². The molecule has 20 heavy (non-hydrogen) atoms. The van der Waals surface area contributed by atoms with Crippen molar-refractivity contribution >= 4 is 21.6 Å². The molecule has 0 aromatic heterocycles. The maximum atomic E-state index is 12.8. The highest BCUT2D eigenvalue weighted by molar-refractivity contribution is 7.89. The third-order valence-corrected chi connectivity index (χ3v) is 6.17. The second-order valence-electron chi connectivity index (χ2n) is 4.90.